The van der Waals surface area contributed by atoms with E-state index in [-0.39, 0.29) is 10.7 Å². The highest BCUT2D eigenvalue weighted by atomic mass is 32.2. The summed E-state index contributed by atoms with van der Waals surface area (Å²) in [6, 6.07) is 7.90. The zero-order chi connectivity index (χ0) is 18.6. The van der Waals surface area contributed by atoms with Crippen molar-refractivity contribution in [2.24, 2.45) is 0 Å². The minimum atomic E-state index is -3.58. The summed E-state index contributed by atoms with van der Waals surface area (Å²) in [6.45, 7) is 4.21. The summed E-state index contributed by atoms with van der Waals surface area (Å²) < 4.78 is 30.9. The van der Waals surface area contributed by atoms with Crippen molar-refractivity contribution in [2.45, 2.75) is 18.7 Å². The Hall–Kier alpha value is -2.72. The summed E-state index contributed by atoms with van der Waals surface area (Å²) >= 11 is 0. The third kappa shape index (κ3) is 4.03. The zero-order valence-corrected chi connectivity index (χ0v) is 14.4. The van der Waals surface area contributed by atoms with Crippen LogP contribution in [0.15, 0.2) is 45.7 Å². The molecule has 9 nitrogen and oxygen atoms in total. The van der Waals surface area contributed by atoms with Gasteiger partial charge in [0.15, 0.2) is 5.76 Å². The Bertz CT molecular complexity index is 869. The number of rotatable bonds is 7. The molecule has 10 heteroatoms. The number of nitro groups is 1. The van der Waals surface area contributed by atoms with Crippen molar-refractivity contribution >= 4 is 27.5 Å². The van der Waals surface area contributed by atoms with E-state index in [4.69, 9.17) is 4.42 Å². The Balaban J connectivity index is 2.14. The van der Waals surface area contributed by atoms with Gasteiger partial charge >= 0.3 is 5.88 Å². The summed E-state index contributed by atoms with van der Waals surface area (Å²) in [5, 5.41) is 13.0. The molecule has 2 aromatic rings. The summed E-state index contributed by atoms with van der Waals surface area (Å²) in [7, 11) is -3.58. The lowest BCUT2D eigenvalue weighted by molar-refractivity contribution is -0.402. The second kappa shape index (κ2) is 7.45. The monoisotopic (exact) mass is 367 g/mol. The van der Waals surface area contributed by atoms with E-state index in [2.05, 4.69) is 5.32 Å². The largest absolute Gasteiger partial charge is 0.433 e. The first kappa shape index (κ1) is 18.6. The normalized spacial score (nSPS) is 11.5. The molecule has 0 saturated carbocycles. The van der Waals surface area contributed by atoms with E-state index >= 15 is 0 Å². The van der Waals surface area contributed by atoms with Gasteiger partial charge < -0.3 is 9.73 Å². The molecule has 0 bridgehead atoms. The molecule has 0 aliphatic rings. The van der Waals surface area contributed by atoms with Crippen LogP contribution in [-0.2, 0) is 10.0 Å². The second-order valence-corrected chi connectivity index (χ2v) is 6.90. The van der Waals surface area contributed by atoms with Gasteiger partial charge in [0.1, 0.15) is 4.92 Å². The van der Waals surface area contributed by atoms with Crippen LogP contribution in [0.4, 0.5) is 11.6 Å². The van der Waals surface area contributed by atoms with Gasteiger partial charge in [0, 0.05) is 18.8 Å². The molecule has 25 heavy (non-hydrogen) atoms. The number of nitrogens with zero attached hydrogens (tertiary/aromatic N) is 2. The van der Waals surface area contributed by atoms with Gasteiger partial charge in [-0.05, 0) is 30.3 Å². The molecule has 0 saturated heterocycles. The first-order chi connectivity index (χ1) is 11.8. The molecule has 1 N–H and O–H groups in total. The van der Waals surface area contributed by atoms with Crippen molar-refractivity contribution in [2.75, 3.05) is 18.4 Å². The number of hydrogen-bond acceptors (Lipinski definition) is 6. The van der Waals surface area contributed by atoms with Gasteiger partial charge in [-0.1, -0.05) is 13.8 Å². The van der Waals surface area contributed by atoms with E-state index < -0.39 is 26.7 Å². The number of benzene rings is 1. The average Bonchev–Trinajstić information content (AvgIpc) is 3.06. The van der Waals surface area contributed by atoms with Gasteiger partial charge in [0.05, 0.1) is 11.0 Å². The fraction of sp³-hybridized carbons (Fsp3) is 0.267. The van der Waals surface area contributed by atoms with Crippen molar-refractivity contribution in [1.29, 1.82) is 0 Å². The fourth-order valence-electron chi connectivity index (χ4n) is 2.16. The number of hydrogen-bond donors (Lipinski definition) is 1. The molecule has 1 aromatic carbocycles. The highest BCUT2D eigenvalue weighted by molar-refractivity contribution is 7.89. The summed E-state index contributed by atoms with van der Waals surface area (Å²) in [5.74, 6) is -1.43. The van der Waals surface area contributed by atoms with E-state index in [0.717, 1.165) is 6.07 Å². The number of sulfonamides is 1. The molecule has 1 amide bonds. The fourth-order valence-corrected chi connectivity index (χ4v) is 3.62. The number of carbonyl (C=O) groups is 1. The SMILES string of the molecule is CCN(CC)S(=O)(=O)c1ccc(NC(=O)c2ccc([N+](=O)[O-])o2)cc1. The standard InChI is InChI=1S/C15H17N3O6S/c1-3-17(4-2)25(22,23)12-7-5-11(6-8-12)16-15(19)13-9-10-14(24-13)18(20)21/h5-10H,3-4H2,1-2H3,(H,16,19). The van der Waals surface area contributed by atoms with Crippen molar-refractivity contribution < 1.29 is 22.6 Å². The third-order valence-electron chi connectivity index (χ3n) is 3.45. The van der Waals surface area contributed by atoms with Crippen LogP contribution in [-0.4, -0.2) is 36.6 Å². The zero-order valence-electron chi connectivity index (χ0n) is 13.6. The van der Waals surface area contributed by atoms with Crippen LogP contribution in [0.2, 0.25) is 0 Å². The quantitative estimate of drug-likeness (QED) is 0.592. The van der Waals surface area contributed by atoms with Crippen molar-refractivity contribution in [3.63, 3.8) is 0 Å². The Morgan fingerprint density at radius 1 is 1.16 bits per heavy atom. The topological polar surface area (TPSA) is 123 Å². The minimum Gasteiger partial charge on any atom is -0.395 e. The van der Waals surface area contributed by atoms with Gasteiger partial charge in [-0.2, -0.15) is 4.31 Å². The highest BCUT2D eigenvalue weighted by Crippen LogP contribution is 2.20. The van der Waals surface area contributed by atoms with E-state index in [1.165, 1.54) is 34.6 Å². The van der Waals surface area contributed by atoms with E-state index in [0.29, 0.717) is 18.8 Å². The molecule has 1 aromatic heterocycles. The van der Waals surface area contributed by atoms with Crippen LogP contribution >= 0.6 is 0 Å². The number of amides is 1. The van der Waals surface area contributed by atoms with Gasteiger partial charge in [-0.3, -0.25) is 14.9 Å². The maximum Gasteiger partial charge on any atom is 0.433 e. The molecule has 0 fully saturated rings. The highest BCUT2D eigenvalue weighted by Gasteiger charge is 2.22. The van der Waals surface area contributed by atoms with Crippen molar-refractivity contribution in [3.05, 3.63) is 52.3 Å². The van der Waals surface area contributed by atoms with Gasteiger partial charge in [0.2, 0.25) is 10.0 Å². The van der Waals surface area contributed by atoms with Gasteiger partial charge in [0.25, 0.3) is 5.91 Å². The lowest BCUT2D eigenvalue weighted by Crippen LogP contribution is -2.30. The number of anilines is 1. The van der Waals surface area contributed by atoms with Crippen LogP contribution < -0.4 is 5.32 Å². The summed E-state index contributed by atoms with van der Waals surface area (Å²) in [6.07, 6.45) is 0. The molecule has 0 atom stereocenters. The maximum atomic E-state index is 12.4. The molecule has 0 aliphatic heterocycles. The Kier molecular flexibility index (Phi) is 5.55. The molecule has 134 valence electrons. The van der Waals surface area contributed by atoms with Gasteiger partial charge in [-0.15, -0.1) is 0 Å². The third-order valence-corrected chi connectivity index (χ3v) is 5.52. The number of carbonyl (C=O) groups excluding carboxylic acids is 1. The smallest absolute Gasteiger partial charge is 0.395 e. The van der Waals surface area contributed by atoms with Crippen LogP contribution in [0, 0.1) is 10.1 Å². The van der Waals surface area contributed by atoms with Crippen LogP contribution in [0.3, 0.4) is 0 Å². The van der Waals surface area contributed by atoms with E-state index in [9.17, 15) is 23.3 Å². The number of furan rings is 1. The van der Waals surface area contributed by atoms with Crippen LogP contribution in [0.25, 0.3) is 0 Å². The van der Waals surface area contributed by atoms with Gasteiger partial charge in [-0.25, -0.2) is 8.42 Å². The molecule has 0 radical (unpaired) electrons. The first-order valence-corrected chi connectivity index (χ1v) is 8.89. The lowest BCUT2D eigenvalue weighted by atomic mass is 10.3. The molecule has 1 heterocycles. The minimum absolute atomic E-state index is 0.114. The Morgan fingerprint density at radius 2 is 1.76 bits per heavy atom. The Labute approximate surface area is 144 Å². The number of nitrogens with one attached hydrogen (secondary N) is 1. The maximum absolute atomic E-state index is 12.4. The average molecular weight is 367 g/mol. The predicted molar refractivity (Wildman–Crippen MR) is 89.9 cm³/mol. The van der Waals surface area contributed by atoms with Crippen LogP contribution in [0.5, 0.6) is 0 Å². The molecule has 0 aliphatic carbocycles. The molecular formula is C15H17N3O6S. The van der Waals surface area contributed by atoms with Crippen molar-refractivity contribution in [1.82, 2.24) is 4.31 Å². The second-order valence-electron chi connectivity index (χ2n) is 4.96. The molecule has 2 rings (SSSR count). The predicted octanol–water partition coefficient (Wildman–Crippen LogP) is 2.47. The van der Waals surface area contributed by atoms with Crippen molar-refractivity contribution in [3.8, 4) is 0 Å². The molecular weight excluding hydrogens is 350 g/mol. The summed E-state index contributed by atoms with van der Waals surface area (Å²) in [5.41, 5.74) is 0.336. The molecule has 0 spiro atoms. The summed E-state index contributed by atoms with van der Waals surface area (Å²) in [4.78, 5) is 21.9. The first-order valence-electron chi connectivity index (χ1n) is 7.45. The Morgan fingerprint density at radius 3 is 2.24 bits per heavy atom. The van der Waals surface area contributed by atoms with E-state index in [1.807, 2.05) is 0 Å². The van der Waals surface area contributed by atoms with Crippen LogP contribution in [0.1, 0.15) is 24.4 Å². The van der Waals surface area contributed by atoms with E-state index in [1.54, 1.807) is 13.8 Å². The lowest BCUT2D eigenvalue weighted by Gasteiger charge is -2.18. The molecule has 0 unspecified atom stereocenters.